The van der Waals surface area contributed by atoms with E-state index in [9.17, 15) is 22.8 Å². The lowest BCUT2D eigenvalue weighted by Crippen LogP contribution is -2.37. The third kappa shape index (κ3) is 4.27. The Hall–Kier alpha value is -3.89. The zero-order valence-corrected chi connectivity index (χ0v) is 16.9. The topological polar surface area (TPSA) is 85.6 Å². The van der Waals surface area contributed by atoms with E-state index in [1.165, 1.54) is 40.1 Å². The molecule has 8 nitrogen and oxygen atoms in total. The number of halogens is 3. The van der Waals surface area contributed by atoms with Gasteiger partial charge in [-0.3, -0.25) is 9.59 Å². The van der Waals surface area contributed by atoms with Gasteiger partial charge in [-0.2, -0.15) is 23.4 Å². The summed E-state index contributed by atoms with van der Waals surface area (Å²) in [6, 6.07) is 9.47. The fraction of sp³-hybridized carbons (Fsp3) is 0.238. The Kier molecular flexibility index (Phi) is 5.56. The van der Waals surface area contributed by atoms with E-state index in [1.807, 2.05) is 0 Å². The van der Waals surface area contributed by atoms with Crippen molar-refractivity contribution in [3.8, 4) is 11.3 Å². The smallest absolute Gasteiger partial charge is 0.416 e. The summed E-state index contributed by atoms with van der Waals surface area (Å²) in [5, 5.41) is 7.89. The van der Waals surface area contributed by atoms with E-state index in [1.54, 1.807) is 19.1 Å². The number of hydrogen-bond acceptors (Lipinski definition) is 5. The molecule has 1 amide bonds. The maximum absolute atomic E-state index is 12.7. The Morgan fingerprint density at radius 2 is 1.84 bits per heavy atom. The minimum absolute atomic E-state index is 0.139. The van der Waals surface area contributed by atoms with Gasteiger partial charge in [0.05, 0.1) is 18.3 Å². The molecule has 32 heavy (non-hydrogen) atoms. The van der Waals surface area contributed by atoms with E-state index < -0.39 is 17.3 Å². The van der Waals surface area contributed by atoms with Gasteiger partial charge >= 0.3 is 6.18 Å². The highest BCUT2D eigenvalue weighted by Gasteiger charge is 2.30. The Balaban J connectivity index is 1.46. The fourth-order valence-corrected chi connectivity index (χ4v) is 3.22. The standard InChI is InChI=1S/C21H18F3N5O3/c1-2-27(19(30)12-28-20(31)17-9-10-25-29(17)13-26-28)11-16-7-8-18(32-16)14-3-5-15(6-4-14)21(22,23)24/h3-10,13H,2,11-12H2,1H3. The van der Waals surface area contributed by atoms with Crippen molar-refractivity contribution in [2.24, 2.45) is 0 Å². The van der Waals surface area contributed by atoms with Gasteiger partial charge in [0.15, 0.2) is 0 Å². The first-order chi connectivity index (χ1) is 15.3. The van der Waals surface area contributed by atoms with Crippen LogP contribution >= 0.6 is 0 Å². The molecule has 0 aliphatic heterocycles. The van der Waals surface area contributed by atoms with Crippen LogP contribution in [0.25, 0.3) is 16.8 Å². The summed E-state index contributed by atoms with van der Waals surface area (Å²) in [5.74, 6) is 0.515. The molecule has 0 aliphatic rings. The second kappa shape index (κ2) is 8.33. The molecule has 0 bridgehead atoms. The molecule has 4 aromatic rings. The summed E-state index contributed by atoms with van der Waals surface area (Å²) in [6.45, 7) is 2.03. The Morgan fingerprint density at radius 3 is 2.53 bits per heavy atom. The highest BCUT2D eigenvalue weighted by atomic mass is 19.4. The summed E-state index contributed by atoms with van der Waals surface area (Å²) in [6.07, 6.45) is -1.59. The van der Waals surface area contributed by atoms with Crippen LogP contribution in [0.5, 0.6) is 0 Å². The molecule has 0 unspecified atom stereocenters. The maximum atomic E-state index is 12.7. The van der Waals surface area contributed by atoms with E-state index >= 15 is 0 Å². The van der Waals surface area contributed by atoms with Gasteiger partial charge in [-0.1, -0.05) is 12.1 Å². The average Bonchev–Trinajstić information content (AvgIpc) is 3.43. The quantitative estimate of drug-likeness (QED) is 0.455. The highest BCUT2D eigenvalue weighted by Crippen LogP contribution is 2.31. The number of furan rings is 1. The maximum Gasteiger partial charge on any atom is 0.416 e. The molecule has 0 saturated carbocycles. The second-order valence-electron chi connectivity index (χ2n) is 7.00. The van der Waals surface area contributed by atoms with Crippen molar-refractivity contribution in [2.75, 3.05) is 6.54 Å². The van der Waals surface area contributed by atoms with Crippen molar-refractivity contribution < 1.29 is 22.4 Å². The predicted molar refractivity (Wildman–Crippen MR) is 107 cm³/mol. The van der Waals surface area contributed by atoms with Gasteiger partial charge in [0.1, 0.15) is 29.9 Å². The van der Waals surface area contributed by atoms with Gasteiger partial charge in [0.2, 0.25) is 5.91 Å². The van der Waals surface area contributed by atoms with E-state index in [0.29, 0.717) is 29.1 Å². The van der Waals surface area contributed by atoms with E-state index in [4.69, 9.17) is 4.42 Å². The molecule has 1 aromatic carbocycles. The van der Waals surface area contributed by atoms with Crippen LogP contribution in [0.1, 0.15) is 18.2 Å². The second-order valence-corrected chi connectivity index (χ2v) is 7.00. The Bertz CT molecular complexity index is 1300. The van der Waals surface area contributed by atoms with Gasteiger partial charge in [-0.05, 0) is 37.3 Å². The number of aromatic nitrogens is 4. The van der Waals surface area contributed by atoms with Crippen molar-refractivity contribution in [1.29, 1.82) is 0 Å². The van der Waals surface area contributed by atoms with Gasteiger partial charge in [0.25, 0.3) is 5.56 Å². The van der Waals surface area contributed by atoms with E-state index in [-0.39, 0.29) is 19.0 Å². The van der Waals surface area contributed by atoms with Crippen LogP contribution in [0.15, 0.2) is 64.2 Å². The molecule has 166 valence electrons. The summed E-state index contributed by atoms with van der Waals surface area (Å²) in [5.41, 5.74) is -0.378. The molecule has 3 heterocycles. The molecule has 0 N–H and O–H groups in total. The first-order valence-electron chi connectivity index (χ1n) is 9.70. The minimum Gasteiger partial charge on any atom is -0.459 e. The summed E-state index contributed by atoms with van der Waals surface area (Å²) in [4.78, 5) is 26.6. The number of alkyl halides is 3. The number of amides is 1. The number of carbonyl (C=O) groups is 1. The largest absolute Gasteiger partial charge is 0.459 e. The molecular weight excluding hydrogens is 427 g/mol. The molecule has 0 atom stereocenters. The number of carbonyl (C=O) groups excluding carboxylic acids is 1. The molecule has 0 aliphatic carbocycles. The van der Waals surface area contributed by atoms with Crippen molar-refractivity contribution in [1.82, 2.24) is 24.3 Å². The van der Waals surface area contributed by atoms with Crippen LogP contribution in [0.3, 0.4) is 0 Å². The number of benzene rings is 1. The number of fused-ring (bicyclic) bond motifs is 1. The molecule has 0 fully saturated rings. The van der Waals surface area contributed by atoms with Crippen molar-refractivity contribution in [3.05, 3.63) is 76.7 Å². The summed E-state index contributed by atoms with van der Waals surface area (Å²) in [7, 11) is 0. The molecule has 11 heteroatoms. The SMILES string of the molecule is CCN(Cc1ccc(-c2ccc(C(F)(F)F)cc2)o1)C(=O)Cn1ncn2nccc2c1=O. The lowest BCUT2D eigenvalue weighted by Gasteiger charge is -2.19. The molecule has 3 aromatic heterocycles. The molecule has 4 rings (SSSR count). The van der Waals surface area contributed by atoms with Crippen LogP contribution in [-0.4, -0.2) is 36.7 Å². The molecule has 0 spiro atoms. The van der Waals surface area contributed by atoms with Gasteiger partial charge in [0, 0.05) is 12.1 Å². The number of likely N-dealkylation sites (N-methyl/N-ethyl adjacent to an activating group) is 1. The minimum atomic E-state index is -4.41. The number of nitrogens with zero attached hydrogens (tertiary/aromatic N) is 5. The first-order valence-corrected chi connectivity index (χ1v) is 9.70. The monoisotopic (exact) mass is 445 g/mol. The number of hydrogen-bond donors (Lipinski definition) is 0. The van der Waals surface area contributed by atoms with Crippen LogP contribution in [-0.2, 0) is 24.1 Å². The third-order valence-electron chi connectivity index (χ3n) is 4.95. The zero-order valence-electron chi connectivity index (χ0n) is 16.9. The lowest BCUT2D eigenvalue weighted by atomic mass is 10.1. The summed E-state index contributed by atoms with van der Waals surface area (Å²) < 4.78 is 46.3. The lowest BCUT2D eigenvalue weighted by molar-refractivity contribution is -0.137. The Morgan fingerprint density at radius 1 is 1.09 bits per heavy atom. The van der Waals surface area contributed by atoms with Crippen LogP contribution in [0.2, 0.25) is 0 Å². The molecular formula is C21H18F3N5O3. The molecule has 0 saturated heterocycles. The Labute approximate surface area is 179 Å². The third-order valence-corrected chi connectivity index (χ3v) is 4.95. The van der Waals surface area contributed by atoms with E-state index in [0.717, 1.165) is 16.8 Å². The first kappa shape index (κ1) is 21.3. The van der Waals surface area contributed by atoms with E-state index in [2.05, 4.69) is 10.2 Å². The zero-order chi connectivity index (χ0) is 22.9. The van der Waals surface area contributed by atoms with Crippen LogP contribution in [0, 0.1) is 0 Å². The number of rotatable bonds is 6. The van der Waals surface area contributed by atoms with Crippen molar-refractivity contribution in [2.45, 2.75) is 26.2 Å². The van der Waals surface area contributed by atoms with Crippen LogP contribution in [0.4, 0.5) is 13.2 Å². The average molecular weight is 445 g/mol. The van der Waals surface area contributed by atoms with Crippen LogP contribution < -0.4 is 5.56 Å². The fourth-order valence-electron chi connectivity index (χ4n) is 3.22. The normalized spacial score (nSPS) is 11.8. The van der Waals surface area contributed by atoms with Crippen molar-refractivity contribution in [3.63, 3.8) is 0 Å². The predicted octanol–water partition coefficient (Wildman–Crippen LogP) is 3.22. The van der Waals surface area contributed by atoms with Gasteiger partial charge in [-0.15, -0.1) is 0 Å². The summed E-state index contributed by atoms with van der Waals surface area (Å²) >= 11 is 0. The van der Waals surface area contributed by atoms with Gasteiger partial charge < -0.3 is 9.32 Å². The highest BCUT2D eigenvalue weighted by molar-refractivity contribution is 5.76. The molecule has 0 radical (unpaired) electrons. The van der Waals surface area contributed by atoms with Crippen molar-refractivity contribution >= 4 is 11.4 Å². The van der Waals surface area contributed by atoms with Gasteiger partial charge in [-0.25, -0.2) is 9.20 Å².